The summed E-state index contributed by atoms with van der Waals surface area (Å²) in [7, 11) is 3.32. The largest absolute Gasteiger partial charge is 0.493 e. The van der Waals surface area contributed by atoms with Gasteiger partial charge in [0.05, 0.1) is 19.8 Å². The first-order valence-electron chi connectivity index (χ1n) is 13.6. The quantitative estimate of drug-likeness (QED) is 0.425. The standard InChI is InChI=1S/C31H37N5O2/c1-37-28-12-11-23(19-29(28)38-2)13-15-33-30-25-14-18-35(21-24-9-5-3-6-10-24)22-27(25)26(20-32)31(34-30)36-16-7-4-8-17-36/h3,5-6,9-12,19H,4,7-8,13-18,21-22H2,1-2H3,(H,33,34). The molecule has 2 aromatic carbocycles. The Kier molecular flexibility index (Phi) is 8.30. The minimum atomic E-state index is 0.735. The number of pyridine rings is 1. The van der Waals surface area contributed by atoms with Crippen molar-refractivity contribution >= 4 is 11.6 Å². The van der Waals surface area contributed by atoms with Crippen LogP contribution in [0.2, 0.25) is 0 Å². The lowest BCUT2D eigenvalue weighted by molar-refractivity contribution is 0.245. The zero-order chi connectivity index (χ0) is 26.3. The van der Waals surface area contributed by atoms with Gasteiger partial charge in [-0.25, -0.2) is 4.98 Å². The van der Waals surface area contributed by atoms with Crippen LogP contribution in [0.3, 0.4) is 0 Å². The van der Waals surface area contributed by atoms with Crippen LogP contribution in [0.25, 0.3) is 0 Å². The number of rotatable bonds is 9. The van der Waals surface area contributed by atoms with Crippen LogP contribution in [-0.2, 0) is 25.9 Å². The summed E-state index contributed by atoms with van der Waals surface area (Å²) in [5, 5.41) is 14.0. The number of nitrogens with zero attached hydrogens (tertiary/aromatic N) is 4. The molecule has 198 valence electrons. The maximum Gasteiger partial charge on any atom is 0.160 e. The molecule has 3 heterocycles. The van der Waals surface area contributed by atoms with Gasteiger partial charge in [-0.05, 0) is 60.9 Å². The lowest BCUT2D eigenvalue weighted by Crippen LogP contribution is -2.35. The van der Waals surface area contributed by atoms with Gasteiger partial charge in [-0.1, -0.05) is 36.4 Å². The van der Waals surface area contributed by atoms with E-state index in [4.69, 9.17) is 14.5 Å². The van der Waals surface area contributed by atoms with Gasteiger partial charge < -0.3 is 19.7 Å². The van der Waals surface area contributed by atoms with Crippen LogP contribution in [0.1, 0.15) is 47.1 Å². The first-order chi connectivity index (χ1) is 18.7. The fourth-order valence-electron chi connectivity index (χ4n) is 5.61. The van der Waals surface area contributed by atoms with Gasteiger partial charge in [0.1, 0.15) is 17.7 Å². The van der Waals surface area contributed by atoms with Gasteiger partial charge in [0.2, 0.25) is 0 Å². The van der Waals surface area contributed by atoms with E-state index in [0.717, 1.165) is 99.2 Å². The normalized spacial score (nSPS) is 15.4. The molecule has 0 bridgehead atoms. The highest BCUT2D eigenvalue weighted by atomic mass is 16.5. The molecule has 3 aromatic rings. The summed E-state index contributed by atoms with van der Waals surface area (Å²) in [6, 6.07) is 19.2. The van der Waals surface area contributed by atoms with Crippen molar-refractivity contribution in [2.24, 2.45) is 0 Å². The topological polar surface area (TPSA) is 73.7 Å². The van der Waals surface area contributed by atoms with Gasteiger partial charge in [0.15, 0.2) is 11.5 Å². The molecular weight excluding hydrogens is 474 g/mol. The number of hydrogen-bond acceptors (Lipinski definition) is 7. The fraction of sp³-hybridized carbons (Fsp3) is 0.419. The molecule has 0 atom stereocenters. The van der Waals surface area contributed by atoms with Crippen LogP contribution in [0.5, 0.6) is 11.5 Å². The predicted octanol–water partition coefficient (Wildman–Crippen LogP) is 5.17. The fourth-order valence-corrected chi connectivity index (χ4v) is 5.61. The molecule has 1 fully saturated rings. The molecule has 2 aliphatic rings. The minimum absolute atomic E-state index is 0.735. The zero-order valence-corrected chi connectivity index (χ0v) is 22.5. The summed E-state index contributed by atoms with van der Waals surface area (Å²) in [5.41, 5.74) is 5.55. The van der Waals surface area contributed by atoms with Gasteiger partial charge in [0, 0.05) is 44.8 Å². The van der Waals surface area contributed by atoms with Crippen molar-refractivity contribution in [3.05, 3.63) is 76.3 Å². The summed E-state index contributed by atoms with van der Waals surface area (Å²) in [5.74, 6) is 3.25. The lowest BCUT2D eigenvalue weighted by Gasteiger charge is -2.34. The molecule has 0 radical (unpaired) electrons. The number of anilines is 2. The summed E-state index contributed by atoms with van der Waals surface area (Å²) in [6.45, 7) is 5.25. The number of benzene rings is 2. The van der Waals surface area contributed by atoms with E-state index in [2.05, 4.69) is 57.6 Å². The van der Waals surface area contributed by atoms with Crippen molar-refractivity contribution in [3.63, 3.8) is 0 Å². The second kappa shape index (κ2) is 12.2. The number of methoxy groups -OCH3 is 2. The van der Waals surface area contributed by atoms with Gasteiger partial charge in [-0.15, -0.1) is 0 Å². The Morgan fingerprint density at radius 2 is 1.71 bits per heavy atom. The van der Waals surface area contributed by atoms with Crippen LogP contribution in [0.15, 0.2) is 48.5 Å². The molecule has 38 heavy (non-hydrogen) atoms. The smallest absolute Gasteiger partial charge is 0.160 e. The third-order valence-corrected chi connectivity index (χ3v) is 7.62. The number of piperidine rings is 1. The molecular formula is C31H37N5O2. The van der Waals surface area contributed by atoms with Gasteiger partial charge in [-0.3, -0.25) is 4.90 Å². The maximum atomic E-state index is 10.3. The predicted molar refractivity (Wildman–Crippen MR) is 151 cm³/mol. The molecule has 1 N–H and O–H groups in total. The zero-order valence-electron chi connectivity index (χ0n) is 22.5. The van der Waals surface area contributed by atoms with Crippen LogP contribution < -0.4 is 19.7 Å². The van der Waals surface area contributed by atoms with Crippen LogP contribution in [0.4, 0.5) is 11.6 Å². The van der Waals surface area contributed by atoms with Crippen molar-refractivity contribution in [1.29, 1.82) is 5.26 Å². The highest BCUT2D eigenvalue weighted by Gasteiger charge is 2.28. The third kappa shape index (κ3) is 5.71. The maximum absolute atomic E-state index is 10.3. The van der Waals surface area contributed by atoms with E-state index in [-0.39, 0.29) is 0 Å². The molecule has 0 saturated carbocycles. The van der Waals surface area contributed by atoms with E-state index in [9.17, 15) is 5.26 Å². The molecule has 0 aliphatic carbocycles. The SMILES string of the molecule is COc1ccc(CCNc2nc(N3CCCCC3)c(C#N)c3c2CCN(Cc2ccccc2)C3)cc1OC. The van der Waals surface area contributed by atoms with Crippen molar-refractivity contribution in [2.75, 3.05) is 50.6 Å². The van der Waals surface area contributed by atoms with E-state index < -0.39 is 0 Å². The monoisotopic (exact) mass is 511 g/mol. The second-order valence-corrected chi connectivity index (χ2v) is 10.1. The van der Waals surface area contributed by atoms with Crippen molar-refractivity contribution in [3.8, 4) is 17.6 Å². The number of fused-ring (bicyclic) bond motifs is 1. The average molecular weight is 512 g/mol. The molecule has 0 spiro atoms. The Hall–Kier alpha value is -3.76. The van der Waals surface area contributed by atoms with E-state index in [0.29, 0.717) is 0 Å². The Balaban J connectivity index is 1.41. The summed E-state index contributed by atoms with van der Waals surface area (Å²) in [6.07, 6.45) is 5.24. The van der Waals surface area contributed by atoms with E-state index in [1.54, 1.807) is 14.2 Å². The number of nitriles is 1. The Morgan fingerprint density at radius 1 is 0.921 bits per heavy atom. The van der Waals surface area contributed by atoms with E-state index >= 15 is 0 Å². The lowest BCUT2D eigenvalue weighted by atomic mass is 9.94. The highest BCUT2D eigenvalue weighted by molar-refractivity contribution is 5.67. The molecule has 1 aromatic heterocycles. The Labute approximate surface area is 226 Å². The van der Waals surface area contributed by atoms with Gasteiger partial charge in [0.25, 0.3) is 0 Å². The van der Waals surface area contributed by atoms with Crippen LogP contribution in [0, 0.1) is 11.3 Å². The second-order valence-electron chi connectivity index (χ2n) is 10.1. The third-order valence-electron chi connectivity index (χ3n) is 7.62. The summed E-state index contributed by atoms with van der Waals surface area (Å²) >= 11 is 0. The Bertz CT molecular complexity index is 1280. The molecule has 1 saturated heterocycles. The molecule has 7 nitrogen and oxygen atoms in total. The van der Waals surface area contributed by atoms with Crippen LogP contribution in [-0.4, -0.2) is 50.3 Å². The first kappa shape index (κ1) is 25.9. The number of aromatic nitrogens is 1. The number of nitrogens with one attached hydrogen (secondary N) is 1. The summed E-state index contributed by atoms with van der Waals surface area (Å²) in [4.78, 5) is 9.88. The number of hydrogen-bond donors (Lipinski definition) is 1. The first-order valence-corrected chi connectivity index (χ1v) is 13.6. The minimum Gasteiger partial charge on any atom is -0.493 e. The van der Waals surface area contributed by atoms with Gasteiger partial charge >= 0.3 is 0 Å². The summed E-state index contributed by atoms with van der Waals surface area (Å²) < 4.78 is 10.9. The van der Waals surface area contributed by atoms with Crippen LogP contribution >= 0.6 is 0 Å². The number of ether oxygens (including phenoxy) is 2. The van der Waals surface area contributed by atoms with Crippen molar-refractivity contribution < 1.29 is 9.47 Å². The molecule has 5 rings (SSSR count). The molecule has 0 amide bonds. The van der Waals surface area contributed by atoms with E-state index in [1.807, 2.05) is 12.1 Å². The molecule has 2 aliphatic heterocycles. The van der Waals surface area contributed by atoms with Gasteiger partial charge in [-0.2, -0.15) is 5.26 Å². The molecule has 0 unspecified atom stereocenters. The Morgan fingerprint density at radius 3 is 2.45 bits per heavy atom. The van der Waals surface area contributed by atoms with Crippen molar-refractivity contribution in [2.45, 2.75) is 45.2 Å². The van der Waals surface area contributed by atoms with E-state index in [1.165, 1.54) is 23.1 Å². The molecule has 7 heteroatoms. The van der Waals surface area contributed by atoms with Crippen molar-refractivity contribution in [1.82, 2.24) is 9.88 Å². The average Bonchev–Trinajstić information content (AvgIpc) is 2.97. The highest BCUT2D eigenvalue weighted by Crippen LogP contribution is 2.35.